The maximum atomic E-state index is 12.5. The van der Waals surface area contributed by atoms with Gasteiger partial charge in [-0.15, -0.1) is 0 Å². The van der Waals surface area contributed by atoms with Gasteiger partial charge in [0.2, 0.25) is 0 Å². The molecular formula is C22H41NO5. The Balaban J connectivity index is 4.30. The number of carboxylic acids is 1. The second-order valence-corrected chi connectivity index (χ2v) is 8.24. The molecule has 6 nitrogen and oxygen atoms in total. The Labute approximate surface area is 170 Å². The Morgan fingerprint density at radius 3 is 2.21 bits per heavy atom. The van der Waals surface area contributed by atoms with Crippen LogP contribution in [0.3, 0.4) is 0 Å². The van der Waals surface area contributed by atoms with Gasteiger partial charge in [-0.25, -0.2) is 4.79 Å². The van der Waals surface area contributed by atoms with Crippen molar-refractivity contribution in [2.75, 3.05) is 13.2 Å². The number of aliphatic hydroxyl groups excluding tert-OH is 1. The van der Waals surface area contributed by atoms with E-state index < -0.39 is 11.6 Å². The number of allylic oxidation sites excluding steroid dienone is 2. The second kappa shape index (κ2) is 15.4. The van der Waals surface area contributed by atoms with Crippen molar-refractivity contribution in [3.8, 4) is 0 Å². The number of carbonyl (C=O) groups is 2. The third-order valence-electron chi connectivity index (χ3n) is 4.37. The number of rotatable bonds is 15. The van der Waals surface area contributed by atoms with Crippen LogP contribution in [0.2, 0.25) is 0 Å². The molecule has 0 bridgehead atoms. The third kappa shape index (κ3) is 14.5. The fraction of sp³-hybridized carbons (Fsp3) is 0.818. The number of ether oxygens (including phenoxy) is 1. The molecule has 6 heteroatoms. The largest absolute Gasteiger partial charge is 0.481 e. The lowest BCUT2D eigenvalue weighted by atomic mass is 10.0. The molecule has 0 aliphatic rings. The van der Waals surface area contributed by atoms with Gasteiger partial charge in [-0.2, -0.15) is 0 Å². The summed E-state index contributed by atoms with van der Waals surface area (Å²) in [6, 6.07) is 0.0959. The number of aliphatic carboxylic acids is 1. The quantitative estimate of drug-likeness (QED) is 0.294. The van der Waals surface area contributed by atoms with Gasteiger partial charge >= 0.3 is 12.1 Å². The van der Waals surface area contributed by atoms with E-state index in [0.29, 0.717) is 13.0 Å². The SMILES string of the molecule is CCCC(CCCCC/C=C/CCCC(=O)O)N(CCO)C(=O)OC(C)(C)C. The smallest absolute Gasteiger partial charge is 0.410 e. The molecule has 0 aromatic carbocycles. The maximum absolute atomic E-state index is 12.5. The van der Waals surface area contributed by atoms with E-state index in [1.165, 1.54) is 0 Å². The molecule has 0 saturated heterocycles. The van der Waals surface area contributed by atoms with Crippen LogP contribution in [-0.2, 0) is 9.53 Å². The van der Waals surface area contributed by atoms with Crippen molar-refractivity contribution in [3.05, 3.63) is 12.2 Å². The average molecular weight is 400 g/mol. The number of amides is 1. The molecule has 1 unspecified atom stereocenters. The van der Waals surface area contributed by atoms with E-state index in [1.54, 1.807) is 4.90 Å². The zero-order valence-corrected chi connectivity index (χ0v) is 18.3. The number of carboxylic acid groups (broad SMARTS) is 1. The fourth-order valence-electron chi connectivity index (χ4n) is 3.07. The molecule has 0 fully saturated rings. The minimum Gasteiger partial charge on any atom is -0.481 e. The predicted molar refractivity (Wildman–Crippen MR) is 112 cm³/mol. The normalized spacial score (nSPS) is 12.9. The Kier molecular flexibility index (Phi) is 14.5. The molecule has 0 spiro atoms. The van der Waals surface area contributed by atoms with Crippen LogP contribution in [0, 0.1) is 0 Å². The number of nitrogens with zero attached hydrogens (tertiary/aromatic N) is 1. The monoisotopic (exact) mass is 399 g/mol. The Morgan fingerprint density at radius 1 is 1.04 bits per heavy atom. The molecule has 28 heavy (non-hydrogen) atoms. The lowest BCUT2D eigenvalue weighted by molar-refractivity contribution is -0.137. The summed E-state index contributed by atoms with van der Waals surface area (Å²) in [5, 5.41) is 18.0. The highest BCUT2D eigenvalue weighted by molar-refractivity contribution is 5.68. The zero-order chi connectivity index (χ0) is 21.4. The summed E-state index contributed by atoms with van der Waals surface area (Å²) in [5.74, 6) is -0.739. The van der Waals surface area contributed by atoms with Gasteiger partial charge in [0.25, 0.3) is 0 Å². The van der Waals surface area contributed by atoms with E-state index in [1.807, 2.05) is 20.8 Å². The van der Waals surface area contributed by atoms with Crippen LogP contribution < -0.4 is 0 Å². The Hall–Kier alpha value is -1.56. The first-order valence-corrected chi connectivity index (χ1v) is 10.7. The summed E-state index contributed by atoms with van der Waals surface area (Å²) in [4.78, 5) is 24.6. The van der Waals surface area contributed by atoms with Crippen LogP contribution >= 0.6 is 0 Å². The number of aliphatic hydroxyl groups is 1. The van der Waals surface area contributed by atoms with E-state index in [9.17, 15) is 14.7 Å². The van der Waals surface area contributed by atoms with Gasteiger partial charge in [-0.3, -0.25) is 4.79 Å². The van der Waals surface area contributed by atoms with E-state index in [0.717, 1.165) is 51.4 Å². The molecule has 0 saturated carbocycles. The van der Waals surface area contributed by atoms with Gasteiger partial charge in [0.05, 0.1) is 6.61 Å². The lowest BCUT2D eigenvalue weighted by Gasteiger charge is -2.33. The van der Waals surface area contributed by atoms with Gasteiger partial charge in [0.15, 0.2) is 0 Å². The van der Waals surface area contributed by atoms with Crippen molar-refractivity contribution in [3.63, 3.8) is 0 Å². The molecule has 1 amide bonds. The minimum atomic E-state index is -0.739. The van der Waals surface area contributed by atoms with Crippen molar-refractivity contribution in [1.29, 1.82) is 0 Å². The summed E-state index contributed by atoms with van der Waals surface area (Å²) >= 11 is 0. The van der Waals surface area contributed by atoms with Gasteiger partial charge in [0.1, 0.15) is 5.60 Å². The van der Waals surface area contributed by atoms with Crippen LogP contribution in [0.1, 0.15) is 91.9 Å². The predicted octanol–water partition coefficient (Wildman–Crippen LogP) is 5.15. The van der Waals surface area contributed by atoms with Crippen LogP contribution in [0.15, 0.2) is 12.2 Å². The summed E-state index contributed by atoms with van der Waals surface area (Å²) in [6.45, 7) is 7.91. The minimum absolute atomic E-state index is 0.0634. The molecule has 0 heterocycles. The molecule has 164 valence electrons. The first-order valence-electron chi connectivity index (χ1n) is 10.7. The van der Waals surface area contributed by atoms with Crippen LogP contribution in [-0.4, -0.2) is 52.0 Å². The molecule has 0 aromatic heterocycles. The van der Waals surface area contributed by atoms with Gasteiger partial charge in [-0.1, -0.05) is 38.3 Å². The number of carbonyl (C=O) groups excluding carboxylic acids is 1. The van der Waals surface area contributed by atoms with Crippen LogP contribution in [0.25, 0.3) is 0 Å². The molecular weight excluding hydrogens is 358 g/mol. The molecule has 0 aliphatic carbocycles. The van der Waals surface area contributed by atoms with Crippen molar-refractivity contribution >= 4 is 12.1 Å². The number of hydrogen-bond acceptors (Lipinski definition) is 4. The molecule has 0 rings (SSSR count). The van der Waals surface area contributed by atoms with Gasteiger partial charge < -0.3 is 19.8 Å². The first kappa shape index (κ1) is 26.4. The maximum Gasteiger partial charge on any atom is 0.410 e. The highest BCUT2D eigenvalue weighted by atomic mass is 16.6. The van der Waals surface area contributed by atoms with Gasteiger partial charge in [-0.05, 0) is 59.3 Å². The fourth-order valence-corrected chi connectivity index (χ4v) is 3.07. The summed E-state index contributed by atoms with van der Waals surface area (Å²) in [7, 11) is 0. The average Bonchev–Trinajstić information content (AvgIpc) is 2.58. The second-order valence-electron chi connectivity index (χ2n) is 8.24. The number of hydrogen-bond donors (Lipinski definition) is 2. The van der Waals surface area contributed by atoms with E-state index >= 15 is 0 Å². The van der Waals surface area contributed by atoms with E-state index in [4.69, 9.17) is 9.84 Å². The number of unbranched alkanes of at least 4 members (excludes halogenated alkanes) is 4. The van der Waals surface area contributed by atoms with E-state index in [-0.39, 0.29) is 25.2 Å². The topological polar surface area (TPSA) is 87.1 Å². The Morgan fingerprint density at radius 2 is 1.68 bits per heavy atom. The van der Waals surface area contributed by atoms with Crippen LogP contribution in [0.5, 0.6) is 0 Å². The Bertz CT molecular complexity index is 456. The molecule has 2 N–H and O–H groups in total. The highest BCUT2D eigenvalue weighted by Gasteiger charge is 2.27. The van der Waals surface area contributed by atoms with Crippen molar-refractivity contribution in [2.45, 2.75) is 104 Å². The van der Waals surface area contributed by atoms with Gasteiger partial charge in [0, 0.05) is 19.0 Å². The first-order chi connectivity index (χ1) is 13.2. The summed E-state index contributed by atoms with van der Waals surface area (Å²) in [6.07, 6.45) is 12.6. The summed E-state index contributed by atoms with van der Waals surface area (Å²) in [5.41, 5.74) is -0.543. The third-order valence-corrected chi connectivity index (χ3v) is 4.37. The highest BCUT2D eigenvalue weighted by Crippen LogP contribution is 2.19. The molecule has 0 aromatic rings. The zero-order valence-electron chi connectivity index (χ0n) is 18.3. The summed E-state index contributed by atoms with van der Waals surface area (Å²) < 4.78 is 5.52. The standard InChI is InChI=1S/C22H41NO5/c1-5-14-19(23(17-18-24)21(27)28-22(2,3)4)15-12-10-8-6-7-9-11-13-16-20(25)26/h7,9,19,24H,5-6,8,10-18H2,1-4H3,(H,25,26)/b9-7+. The van der Waals surface area contributed by atoms with Crippen molar-refractivity contribution < 1.29 is 24.5 Å². The van der Waals surface area contributed by atoms with Crippen molar-refractivity contribution in [1.82, 2.24) is 4.90 Å². The molecule has 0 aliphatic heterocycles. The lowest BCUT2D eigenvalue weighted by Crippen LogP contribution is -2.44. The van der Waals surface area contributed by atoms with E-state index in [2.05, 4.69) is 19.1 Å². The molecule has 0 radical (unpaired) electrons. The molecule has 1 atom stereocenters. The van der Waals surface area contributed by atoms with Crippen LogP contribution in [0.4, 0.5) is 4.79 Å². The van der Waals surface area contributed by atoms with Crippen molar-refractivity contribution in [2.24, 2.45) is 0 Å².